The summed E-state index contributed by atoms with van der Waals surface area (Å²) in [6.45, 7) is 0. The fourth-order valence-electron chi connectivity index (χ4n) is 3.65. The van der Waals surface area contributed by atoms with E-state index >= 15 is 0 Å². The second kappa shape index (κ2) is 7.09. The van der Waals surface area contributed by atoms with Crippen LogP contribution in [0.2, 0.25) is 0 Å². The van der Waals surface area contributed by atoms with E-state index in [4.69, 9.17) is 0 Å². The van der Waals surface area contributed by atoms with Gasteiger partial charge < -0.3 is 0 Å². The van der Waals surface area contributed by atoms with Crippen LogP contribution < -0.4 is 0 Å². The Morgan fingerprint density at radius 3 is 2.04 bits per heavy atom. The van der Waals surface area contributed by atoms with Crippen LogP contribution in [0.25, 0.3) is 43.8 Å². The predicted molar refractivity (Wildman–Crippen MR) is 108 cm³/mol. The fraction of sp³-hybridized carbons (Fsp3) is 0. The molecule has 0 spiro atoms. The van der Waals surface area contributed by atoms with Crippen LogP contribution in [0.3, 0.4) is 0 Å². The maximum atomic E-state index is 2.33. The van der Waals surface area contributed by atoms with E-state index in [1.54, 1.807) is 0 Å². The van der Waals surface area contributed by atoms with Crippen molar-refractivity contribution >= 4 is 21.5 Å². The molecular formula is C25H17Hf-. The third-order valence-corrected chi connectivity index (χ3v) is 4.90. The average molecular weight is 496 g/mol. The molecule has 0 N–H and O–H groups in total. The minimum absolute atomic E-state index is 0. The van der Waals surface area contributed by atoms with Gasteiger partial charge >= 0.3 is 0 Å². The van der Waals surface area contributed by atoms with Crippen molar-refractivity contribution in [1.29, 1.82) is 0 Å². The molecule has 0 heterocycles. The smallest absolute Gasteiger partial charge is 0 e. The number of rotatable bonds is 2. The minimum atomic E-state index is 0. The summed E-state index contributed by atoms with van der Waals surface area (Å²) in [6, 6.07) is 37.0. The summed E-state index contributed by atoms with van der Waals surface area (Å²) in [4.78, 5) is 0. The Kier molecular flexibility index (Phi) is 4.65. The Bertz CT molecular complexity index is 1150. The van der Waals surface area contributed by atoms with Crippen molar-refractivity contribution in [3.05, 3.63) is 103 Å². The topological polar surface area (TPSA) is 0 Å². The molecule has 1 heteroatoms. The van der Waals surface area contributed by atoms with E-state index in [2.05, 4.69) is 103 Å². The monoisotopic (exact) mass is 497 g/mol. The first kappa shape index (κ1) is 17.1. The van der Waals surface area contributed by atoms with Crippen molar-refractivity contribution in [2.45, 2.75) is 0 Å². The summed E-state index contributed by atoms with van der Waals surface area (Å²) >= 11 is 0. The first-order valence-corrected chi connectivity index (χ1v) is 8.62. The standard InChI is InChI=1S/C25H17.Hf/c1-2-8-18(9-3-1)22-16-21-12-6-7-13-24(21)25(17-22)23-14-19-10-4-5-11-20(19)15-23;/h1-17H;/q-1;. The SMILES string of the molecule is [Hf].c1ccc(-c2cc(-c3cc4ccccc4[cH-]3)c3ccccc3c2)cc1. The second-order valence-electron chi connectivity index (χ2n) is 6.48. The second-order valence-corrected chi connectivity index (χ2v) is 6.48. The molecule has 5 aromatic carbocycles. The van der Waals surface area contributed by atoms with Gasteiger partial charge in [-0.3, -0.25) is 0 Å². The molecule has 0 amide bonds. The number of hydrogen-bond donors (Lipinski definition) is 0. The molecule has 0 unspecified atom stereocenters. The van der Waals surface area contributed by atoms with Gasteiger partial charge in [0, 0.05) is 25.8 Å². The van der Waals surface area contributed by atoms with Crippen LogP contribution in [0.5, 0.6) is 0 Å². The molecule has 0 aromatic heterocycles. The first-order chi connectivity index (χ1) is 12.4. The molecule has 0 atom stereocenters. The van der Waals surface area contributed by atoms with Gasteiger partial charge in [0.15, 0.2) is 0 Å². The van der Waals surface area contributed by atoms with Crippen LogP contribution in [0.4, 0.5) is 0 Å². The maximum absolute atomic E-state index is 2.33. The van der Waals surface area contributed by atoms with Gasteiger partial charge in [-0.1, -0.05) is 84.4 Å². The molecule has 0 aliphatic rings. The van der Waals surface area contributed by atoms with E-state index in [0.29, 0.717) is 0 Å². The number of fused-ring (bicyclic) bond motifs is 2. The van der Waals surface area contributed by atoms with E-state index in [1.165, 1.54) is 43.8 Å². The molecule has 122 valence electrons. The molecule has 0 nitrogen and oxygen atoms in total. The molecule has 0 saturated heterocycles. The maximum Gasteiger partial charge on any atom is 0 e. The van der Waals surface area contributed by atoms with Crippen molar-refractivity contribution in [1.82, 2.24) is 0 Å². The fourth-order valence-corrected chi connectivity index (χ4v) is 3.65. The molecule has 0 aliphatic carbocycles. The third-order valence-electron chi connectivity index (χ3n) is 4.90. The first-order valence-electron chi connectivity index (χ1n) is 8.62. The summed E-state index contributed by atoms with van der Waals surface area (Å²) in [5, 5.41) is 5.18. The van der Waals surface area contributed by atoms with E-state index < -0.39 is 0 Å². The van der Waals surface area contributed by atoms with Crippen LogP contribution in [0, 0.1) is 0 Å². The molecule has 5 rings (SSSR count). The van der Waals surface area contributed by atoms with Crippen molar-refractivity contribution < 1.29 is 25.8 Å². The Morgan fingerprint density at radius 2 is 1.23 bits per heavy atom. The van der Waals surface area contributed by atoms with E-state index in [0.717, 1.165) is 0 Å². The molecular weight excluding hydrogens is 479 g/mol. The van der Waals surface area contributed by atoms with E-state index in [9.17, 15) is 0 Å². The van der Waals surface area contributed by atoms with Gasteiger partial charge in [0.2, 0.25) is 0 Å². The van der Waals surface area contributed by atoms with E-state index in [1.807, 2.05) is 0 Å². The zero-order valence-corrected chi connectivity index (χ0v) is 17.9. The number of benzene rings is 4. The largest absolute Gasteiger partial charge is 0.145 e. The molecule has 5 aromatic rings. The minimum Gasteiger partial charge on any atom is -0.145 e. The van der Waals surface area contributed by atoms with Gasteiger partial charge in [-0.15, -0.1) is 34.5 Å². The molecule has 0 radical (unpaired) electrons. The van der Waals surface area contributed by atoms with Crippen molar-refractivity contribution in [3.63, 3.8) is 0 Å². The van der Waals surface area contributed by atoms with Gasteiger partial charge in [-0.2, -0.15) is 0 Å². The summed E-state index contributed by atoms with van der Waals surface area (Å²) in [6.07, 6.45) is 0. The van der Waals surface area contributed by atoms with Crippen LogP contribution >= 0.6 is 0 Å². The van der Waals surface area contributed by atoms with Crippen LogP contribution in [0.1, 0.15) is 0 Å². The summed E-state index contributed by atoms with van der Waals surface area (Å²) in [5.41, 5.74) is 5.11. The van der Waals surface area contributed by atoms with Crippen LogP contribution in [-0.4, -0.2) is 0 Å². The quantitative estimate of drug-likeness (QED) is 0.182. The Morgan fingerprint density at radius 1 is 0.538 bits per heavy atom. The zero-order chi connectivity index (χ0) is 16.6. The predicted octanol–water partition coefficient (Wildman–Crippen LogP) is 7.04. The van der Waals surface area contributed by atoms with Gasteiger partial charge in [0.1, 0.15) is 0 Å². The molecule has 0 bridgehead atoms. The molecule has 26 heavy (non-hydrogen) atoms. The van der Waals surface area contributed by atoms with Gasteiger partial charge in [-0.25, -0.2) is 0 Å². The van der Waals surface area contributed by atoms with Crippen molar-refractivity contribution in [2.24, 2.45) is 0 Å². The third kappa shape index (κ3) is 2.97. The van der Waals surface area contributed by atoms with Gasteiger partial charge in [-0.05, 0) is 28.0 Å². The zero-order valence-electron chi connectivity index (χ0n) is 14.3. The average Bonchev–Trinajstić information content (AvgIpc) is 3.12. The summed E-state index contributed by atoms with van der Waals surface area (Å²) in [5.74, 6) is 0. The Labute approximate surface area is 172 Å². The normalized spacial score (nSPS) is 10.8. The van der Waals surface area contributed by atoms with Gasteiger partial charge in [0.25, 0.3) is 0 Å². The molecule has 0 aliphatic heterocycles. The van der Waals surface area contributed by atoms with Crippen LogP contribution in [-0.2, 0) is 25.8 Å². The molecule has 0 fully saturated rings. The van der Waals surface area contributed by atoms with Crippen LogP contribution in [0.15, 0.2) is 103 Å². The van der Waals surface area contributed by atoms with Crippen molar-refractivity contribution in [2.75, 3.05) is 0 Å². The summed E-state index contributed by atoms with van der Waals surface area (Å²) in [7, 11) is 0. The van der Waals surface area contributed by atoms with E-state index in [-0.39, 0.29) is 25.8 Å². The number of hydrogen-bond acceptors (Lipinski definition) is 0. The Balaban J connectivity index is 0.00000168. The molecule has 0 saturated carbocycles. The summed E-state index contributed by atoms with van der Waals surface area (Å²) < 4.78 is 0. The van der Waals surface area contributed by atoms with Crippen molar-refractivity contribution in [3.8, 4) is 22.3 Å². The Hall–Kier alpha value is -2.38. The van der Waals surface area contributed by atoms with Gasteiger partial charge in [0.05, 0.1) is 0 Å².